The molecule has 0 aliphatic carbocycles. The van der Waals surface area contributed by atoms with Crippen LogP contribution in [0, 0.1) is 10.1 Å². The summed E-state index contributed by atoms with van der Waals surface area (Å²) in [5, 5.41) is 10.4. The first-order chi connectivity index (χ1) is 10.7. The molecule has 5 heteroatoms. The zero-order chi connectivity index (χ0) is 15.8. The highest BCUT2D eigenvalue weighted by Gasteiger charge is 2.06. The molecule has 0 N–H and O–H groups in total. The van der Waals surface area contributed by atoms with Crippen LogP contribution in [-0.2, 0) is 6.61 Å². The Morgan fingerprint density at radius 3 is 2.55 bits per heavy atom. The monoisotopic (exact) mass is 299 g/mol. The van der Waals surface area contributed by atoms with Crippen LogP contribution in [0.1, 0.15) is 18.1 Å². The summed E-state index contributed by atoms with van der Waals surface area (Å²) in [5.74, 6) is 1.19. The van der Waals surface area contributed by atoms with Crippen molar-refractivity contribution in [2.75, 3.05) is 6.61 Å². The van der Waals surface area contributed by atoms with E-state index in [0.717, 1.165) is 11.8 Å². The van der Waals surface area contributed by atoms with Gasteiger partial charge in [-0.1, -0.05) is 36.4 Å². The minimum absolute atomic E-state index is 0.406. The molecule has 0 aliphatic rings. The second-order valence-corrected chi connectivity index (χ2v) is 4.51. The van der Waals surface area contributed by atoms with Gasteiger partial charge in [0.05, 0.1) is 11.5 Å². The number of rotatable bonds is 7. The molecule has 2 aromatic rings. The maximum absolute atomic E-state index is 10.4. The summed E-state index contributed by atoms with van der Waals surface area (Å²) in [6, 6.07) is 15.0. The molecule has 2 aromatic carbocycles. The van der Waals surface area contributed by atoms with E-state index in [1.54, 1.807) is 18.2 Å². The molecule has 0 saturated carbocycles. The molecule has 0 fully saturated rings. The smallest absolute Gasteiger partial charge is 0.235 e. The van der Waals surface area contributed by atoms with Crippen LogP contribution in [0.2, 0.25) is 0 Å². The lowest BCUT2D eigenvalue weighted by Gasteiger charge is -2.12. The van der Waals surface area contributed by atoms with E-state index in [1.807, 2.05) is 37.3 Å². The second-order valence-electron chi connectivity index (χ2n) is 4.51. The third kappa shape index (κ3) is 4.63. The van der Waals surface area contributed by atoms with Gasteiger partial charge in [0.15, 0.2) is 11.5 Å². The predicted octanol–water partition coefficient (Wildman–Crippen LogP) is 3.91. The normalized spacial score (nSPS) is 10.6. The van der Waals surface area contributed by atoms with E-state index >= 15 is 0 Å². The topological polar surface area (TPSA) is 61.6 Å². The summed E-state index contributed by atoms with van der Waals surface area (Å²) >= 11 is 0. The largest absolute Gasteiger partial charge is 0.490 e. The van der Waals surface area contributed by atoms with Gasteiger partial charge in [0.2, 0.25) is 6.20 Å². The summed E-state index contributed by atoms with van der Waals surface area (Å²) in [6.07, 6.45) is 2.32. The number of hydrogen-bond acceptors (Lipinski definition) is 4. The van der Waals surface area contributed by atoms with Crippen molar-refractivity contribution in [2.24, 2.45) is 0 Å². The van der Waals surface area contributed by atoms with E-state index in [9.17, 15) is 10.1 Å². The van der Waals surface area contributed by atoms with Gasteiger partial charge in [-0.25, -0.2) is 0 Å². The Morgan fingerprint density at radius 1 is 1.09 bits per heavy atom. The molecule has 0 spiro atoms. The average Bonchev–Trinajstić information content (AvgIpc) is 2.53. The van der Waals surface area contributed by atoms with Gasteiger partial charge in [-0.2, -0.15) is 0 Å². The Kier molecular flexibility index (Phi) is 5.54. The first-order valence-electron chi connectivity index (χ1n) is 6.94. The number of ether oxygens (including phenoxy) is 2. The Labute approximate surface area is 129 Å². The highest BCUT2D eigenvalue weighted by Crippen LogP contribution is 2.29. The first kappa shape index (κ1) is 15.6. The molecule has 0 atom stereocenters. The van der Waals surface area contributed by atoms with Crippen molar-refractivity contribution < 1.29 is 14.4 Å². The van der Waals surface area contributed by atoms with E-state index in [0.29, 0.717) is 30.3 Å². The molecule has 22 heavy (non-hydrogen) atoms. The maximum Gasteiger partial charge on any atom is 0.235 e. The van der Waals surface area contributed by atoms with Gasteiger partial charge in [-0.15, -0.1) is 0 Å². The van der Waals surface area contributed by atoms with Crippen LogP contribution in [0.5, 0.6) is 11.5 Å². The zero-order valence-electron chi connectivity index (χ0n) is 12.3. The Bertz CT molecular complexity index is 653. The van der Waals surface area contributed by atoms with Crippen LogP contribution < -0.4 is 9.47 Å². The van der Waals surface area contributed by atoms with E-state index in [-0.39, 0.29) is 0 Å². The predicted molar refractivity (Wildman–Crippen MR) is 84.4 cm³/mol. The molecule has 114 valence electrons. The fraction of sp³-hybridized carbons (Fsp3) is 0.176. The van der Waals surface area contributed by atoms with Gasteiger partial charge in [-0.05, 0) is 30.2 Å². The summed E-state index contributed by atoms with van der Waals surface area (Å²) in [5.41, 5.74) is 1.72. The van der Waals surface area contributed by atoms with E-state index < -0.39 is 4.92 Å². The Morgan fingerprint density at radius 2 is 1.86 bits per heavy atom. The summed E-state index contributed by atoms with van der Waals surface area (Å²) in [4.78, 5) is 9.90. The highest BCUT2D eigenvalue weighted by molar-refractivity contribution is 5.55. The first-order valence-corrected chi connectivity index (χ1v) is 6.94. The summed E-state index contributed by atoms with van der Waals surface area (Å²) < 4.78 is 11.3. The van der Waals surface area contributed by atoms with E-state index in [2.05, 4.69) is 0 Å². The highest BCUT2D eigenvalue weighted by atomic mass is 16.6. The van der Waals surface area contributed by atoms with Gasteiger partial charge in [0.1, 0.15) is 6.61 Å². The number of hydrogen-bond donors (Lipinski definition) is 0. The lowest BCUT2D eigenvalue weighted by Crippen LogP contribution is -2.00. The maximum atomic E-state index is 10.4. The molecule has 0 bridgehead atoms. The van der Waals surface area contributed by atoms with Gasteiger partial charge in [0, 0.05) is 6.08 Å². The third-order valence-electron chi connectivity index (χ3n) is 2.89. The van der Waals surface area contributed by atoms with Crippen LogP contribution in [-0.4, -0.2) is 11.5 Å². The lowest BCUT2D eigenvalue weighted by atomic mass is 10.2. The van der Waals surface area contributed by atoms with Crippen molar-refractivity contribution in [3.8, 4) is 11.5 Å². The van der Waals surface area contributed by atoms with Crippen molar-refractivity contribution in [1.29, 1.82) is 0 Å². The van der Waals surface area contributed by atoms with Gasteiger partial charge < -0.3 is 9.47 Å². The quantitative estimate of drug-likeness (QED) is 0.574. The van der Waals surface area contributed by atoms with Gasteiger partial charge in [0.25, 0.3) is 0 Å². The fourth-order valence-corrected chi connectivity index (χ4v) is 1.90. The third-order valence-corrected chi connectivity index (χ3v) is 2.89. The number of nitro groups is 1. The number of nitrogens with zero attached hydrogens (tertiary/aromatic N) is 1. The van der Waals surface area contributed by atoms with Crippen molar-refractivity contribution in [3.63, 3.8) is 0 Å². The SMILES string of the molecule is CCOc1ccc(/C=C/[N+](=O)[O-])cc1OCc1ccccc1. The van der Waals surface area contributed by atoms with Crippen LogP contribution in [0.25, 0.3) is 6.08 Å². The summed E-state index contributed by atoms with van der Waals surface area (Å²) in [7, 11) is 0. The van der Waals surface area contributed by atoms with Crippen molar-refractivity contribution in [3.05, 3.63) is 76.0 Å². The molecule has 0 aromatic heterocycles. The second kappa shape index (κ2) is 7.83. The van der Waals surface area contributed by atoms with E-state index in [1.165, 1.54) is 6.08 Å². The van der Waals surface area contributed by atoms with Gasteiger partial charge in [-0.3, -0.25) is 10.1 Å². The van der Waals surface area contributed by atoms with Crippen LogP contribution in [0.15, 0.2) is 54.7 Å². The van der Waals surface area contributed by atoms with Crippen LogP contribution in [0.3, 0.4) is 0 Å². The minimum Gasteiger partial charge on any atom is -0.490 e. The molecule has 0 amide bonds. The number of benzene rings is 2. The zero-order valence-corrected chi connectivity index (χ0v) is 12.3. The molecule has 0 radical (unpaired) electrons. The molecule has 2 rings (SSSR count). The average molecular weight is 299 g/mol. The molecule has 0 heterocycles. The molecular formula is C17H17NO4. The summed E-state index contributed by atoms with van der Waals surface area (Å²) in [6.45, 7) is 2.82. The van der Waals surface area contributed by atoms with E-state index in [4.69, 9.17) is 9.47 Å². The molecule has 0 unspecified atom stereocenters. The Hall–Kier alpha value is -2.82. The fourth-order valence-electron chi connectivity index (χ4n) is 1.90. The molecule has 0 aliphatic heterocycles. The standard InChI is InChI=1S/C17H17NO4/c1-2-21-16-9-8-14(10-11-18(19)20)12-17(16)22-13-15-6-4-3-5-7-15/h3-12H,2,13H2,1H3/b11-10+. The van der Waals surface area contributed by atoms with Crippen LogP contribution >= 0.6 is 0 Å². The van der Waals surface area contributed by atoms with Crippen LogP contribution in [0.4, 0.5) is 0 Å². The molecule has 0 saturated heterocycles. The van der Waals surface area contributed by atoms with Gasteiger partial charge >= 0.3 is 0 Å². The Balaban J connectivity index is 2.17. The van der Waals surface area contributed by atoms with Crippen molar-refractivity contribution >= 4 is 6.08 Å². The minimum atomic E-state index is -0.499. The van der Waals surface area contributed by atoms with Crippen molar-refractivity contribution in [1.82, 2.24) is 0 Å². The lowest BCUT2D eigenvalue weighted by molar-refractivity contribution is -0.400. The molecular weight excluding hydrogens is 282 g/mol. The van der Waals surface area contributed by atoms with Crippen molar-refractivity contribution in [2.45, 2.75) is 13.5 Å². The molecule has 5 nitrogen and oxygen atoms in total.